The highest BCUT2D eigenvalue weighted by molar-refractivity contribution is 6.35. The second kappa shape index (κ2) is 6.49. The molecule has 0 saturated heterocycles. The molecule has 6 nitrogen and oxygen atoms in total. The molecule has 7 heteroatoms. The van der Waals surface area contributed by atoms with Crippen LogP contribution < -0.4 is 18.9 Å². The number of hydrogen-bond acceptors (Lipinski definition) is 5. The number of aromatic nitrogens is 2. The Bertz CT molecular complexity index is 851. The van der Waals surface area contributed by atoms with Gasteiger partial charge in [-0.25, -0.2) is 4.98 Å². The lowest BCUT2D eigenvalue weighted by molar-refractivity contribution is 0.355. The van der Waals surface area contributed by atoms with Crippen molar-refractivity contribution < 1.29 is 18.9 Å². The summed E-state index contributed by atoms with van der Waals surface area (Å²) in [6.07, 6.45) is 0. The summed E-state index contributed by atoms with van der Waals surface area (Å²) in [7, 11) is 6.28. The largest absolute Gasteiger partial charge is 0.493 e. The second-order valence-corrected chi connectivity index (χ2v) is 5.35. The summed E-state index contributed by atoms with van der Waals surface area (Å²) >= 11 is 6.46. The number of aromatic amines is 1. The molecule has 0 aliphatic rings. The van der Waals surface area contributed by atoms with Crippen LogP contribution in [0.3, 0.4) is 0 Å². The Balaban J connectivity index is 2.16. The lowest BCUT2D eigenvalue weighted by Gasteiger charge is -2.11. The van der Waals surface area contributed by atoms with Crippen LogP contribution in [0.2, 0.25) is 5.02 Å². The molecule has 1 aromatic heterocycles. The zero-order valence-electron chi connectivity index (χ0n) is 13.8. The Morgan fingerprint density at radius 1 is 0.875 bits per heavy atom. The molecule has 0 aliphatic heterocycles. The van der Waals surface area contributed by atoms with Gasteiger partial charge in [0.15, 0.2) is 23.0 Å². The fourth-order valence-electron chi connectivity index (χ4n) is 2.54. The van der Waals surface area contributed by atoms with Crippen molar-refractivity contribution >= 4 is 22.6 Å². The molecule has 0 amide bonds. The van der Waals surface area contributed by atoms with Gasteiger partial charge >= 0.3 is 0 Å². The van der Waals surface area contributed by atoms with E-state index in [0.29, 0.717) is 39.4 Å². The highest BCUT2D eigenvalue weighted by Crippen LogP contribution is 2.41. The fourth-order valence-corrected chi connectivity index (χ4v) is 2.86. The van der Waals surface area contributed by atoms with Crippen molar-refractivity contribution in [3.8, 4) is 34.4 Å². The van der Waals surface area contributed by atoms with Crippen LogP contribution in [0.25, 0.3) is 22.4 Å². The predicted molar refractivity (Wildman–Crippen MR) is 92.7 cm³/mol. The standard InChI is InChI=1S/C17H17ClN2O4/c1-21-12-6-5-9(15(18)16(12)24-4)17-19-10-7-13(22-2)14(23-3)8-11(10)20-17/h5-8H,1-4H3,(H,19,20). The minimum atomic E-state index is 0.426. The molecule has 0 unspecified atom stereocenters. The van der Waals surface area contributed by atoms with Crippen LogP contribution in [0.1, 0.15) is 0 Å². The highest BCUT2D eigenvalue weighted by Gasteiger charge is 2.18. The minimum absolute atomic E-state index is 0.426. The lowest BCUT2D eigenvalue weighted by atomic mass is 10.2. The van der Waals surface area contributed by atoms with Crippen LogP contribution in [-0.2, 0) is 0 Å². The zero-order valence-corrected chi connectivity index (χ0v) is 14.5. The zero-order chi connectivity index (χ0) is 17.3. The number of benzene rings is 2. The van der Waals surface area contributed by atoms with Gasteiger partial charge in [0, 0.05) is 17.7 Å². The van der Waals surface area contributed by atoms with Gasteiger partial charge in [-0.15, -0.1) is 0 Å². The van der Waals surface area contributed by atoms with Gasteiger partial charge in [-0.05, 0) is 12.1 Å². The monoisotopic (exact) mass is 348 g/mol. The van der Waals surface area contributed by atoms with Gasteiger partial charge in [-0.1, -0.05) is 11.6 Å². The topological polar surface area (TPSA) is 65.6 Å². The third kappa shape index (κ3) is 2.59. The molecule has 0 radical (unpaired) electrons. The molecule has 126 valence electrons. The molecule has 2 aromatic carbocycles. The summed E-state index contributed by atoms with van der Waals surface area (Å²) in [5.74, 6) is 2.88. The first-order chi connectivity index (χ1) is 11.6. The van der Waals surface area contributed by atoms with Crippen molar-refractivity contribution in [3.63, 3.8) is 0 Å². The summed E-state index contributed by atoms with van der Waals surface area (Å²) in [4.78, 5) is 7.83. The average Bonchev–Trinajstić information content (AvgIpc) is 3.02. The summed E-state index contributed by atoms with van der Waals surface area (Å²) in [6.45, 7) is 0. The smallest absolute Gasteiger partial charge is 0.180 e. The van der Waals surface area contributed by atoms with E-state index < -0.39 is 0 Å². The first kappa shape index (κ1) is 16.3. The number of rotatable bonds is 5. The maximum Gasteiger partial charge on any atom is 0.180 e. The number of methoxy groups -OCH3 is 4. The van der Waals surface area contributed by atoms with Crippen molar-refractivity contribution in [3.05, 3.63) is 29.3 Å². The van der Waals surface area contributed by atoms with Crippen molar-refractivity contribution in [2.24, 2.45) is 0 Å². The van der Waals surface area contributed by atoms with E-state index in [1.165, 1.54) is 0 Å². The molecule has 1 N–H and O–H groups in total. The number of nitrogens with one attached hydrogen (secondary N) is 1. The lowest BCUT2D eigenvalue weighted by Crippen LogP contribution is -1.93. The Hall–Kier alpha value is -2.60. The summed E-state index contributed by atoms with van der Waals surface area (Å²) < 4.78 is 21.2. The SMILES string of the molecule is COc1cc2nc(-c3ccc(OC)c(OC)c3Cl)[nH]c2cc1OC. The van der Waals surface area contributed by atoms with E-state index in [-0.39, 0.29) is 0 Å². The van der Waals surface area contributed by atoms with E-state index in [0.717, 1.165) is 11.0 Å². The van der Waals surface area contributed by atoms with E-state index in [1.54, 1.807) is 34.5 Å². The molecule has 3 rings (SSSR count). The number of hydrogen-bond donors (Lipinski definition) is 1. The van der Waals surface area contributed by atoms with Gasteiger partial charge in [0.2, 0.25) is 0 Å². The van der Waals surface area contributed by atoms with Gasteiger partial charge in [0.25, 0.3) is 0 Å². The first-order valence-electron chi connectivity index (χ1n) is 7.15. The number of fused-ring (bicyclic) bond motifs is 1. The molecular weight excluding hydrogens is 332 g/mol. The van der Waals surface area contributed by atoms with Crippen LogP contribution >= 0.6 is 11.6 Å². The molecule has 3 aromatic rings. The van der Waals surface area contributed by atoms with Crippen LogP contribution in [0.4, 0.5) is 0 Å². The number of halogens is 1. The van der Waals surface area contributed by atoms with Gasteiger partial charge in [0.05, 0.1) is 44.5 Å². The normalized spacial score (nSPS) is 10.7. The number of H-pyrrole nitrogens is 1. The van der Waals surface area contributed by atoms with Crippen LogP contribution in [0, 0.1) is 0 Å². The first-order valence-corrected chi connectivity index (χ1v) is 7.53. The van der Waals surface area contributed by atoms with E-state index in [2.05, 4.69) is 9.97 Å². The van der Waals surface area contributed by atoms with Crippen LogP contribution in [0.5, 0.6) is 23.0 Å². The Labute approximate surface area is 144 Å². The third-order valence-electron chi connectivity index (χ3n) is 3.73. The van der Waals surface area contributed by atoms with Crippen LogP contribution in [0.15, 0.2) is 24.3 Å². The maximum absolute atomic E-state index is 6.46. The average molecular weight is 349 g/mol. The quantitative estimate of drug-likeness (QED) is 0.757. The summed E-state index contributed by atoms with van der Waals surface area (Å²) in [6, 6.07) is 7.26. The summed E-state index contributed by atoms with van der Waals surface area (Å²) in [5, 5.41) is 0.426. The Morgan fingerprint density at radius 2 is 1.54 bits per heavy atom. The molecule has 0 atom stereocenters. The van der Waals surface area contributed by atoms with Gasteiger partial charge in [-0.2, -0.15) is 0 Å². The molecule has 1 heterocycles. The third-order valence-corrected chi connectivity index (χ3v) is 4.10. The second-order valence-electron chi connectivity index (χ2n) is 4.97. The maximum atomic E-state index is 6.46. The molecular formula is C17H17ClN2O4. The van der Waals surface area contributed by atoms with Crippen molar-refractivity contribution in [1.29, 1.82) is 0 Å². The molecule has 0 fully saturated rings. The van der Waals surface area contributed by atoms with E-state index >= 15 is 0 Å². The molecule has 0 saturated carbocycles. The van der Waals surface area contributed by atoms with Gasteiger partial charge < -0.3 is 23.9 Å². The Morgan fingerprint density at radius 3 is 2.17 bits per heavy atom. The van der Waals surface area contributed by atoms with Crippen LogP contribution in [-0.4, -0.2) is 38.4 Å². The predicted octanol–water partition coefficient (Wildman–Crippen LogP) is 3.92. The van der Waals surface area contributed by atoms with Gasteiger partial charge in [-0.3, -0.25) is 0 Å². The number of nitrogens with zero attached hydrogens (tertiary/aromatic N) is 1. The number of imidazole rings is 1. The van der Waals surface area contributed by atoms with Crippen molar-refractivity contribution in [2.75, 3.05) is 28.4 Å². The van der Waals surface area contributed by atoms with E-state index in [9.17, 15) is 0 Å². The highest BCUT2D eigenvalue weighted by atomic mass is 35.5. The fraction of sp³-hybridized carbons (Fsp3) is 0.235. The van der Waals surface area contributed by atoms with E-state index in [1.807, 2.05) is 18.2 Å². The van der Waals surface area contributed by atoms with Crippen molar-refractivity contribution in [1.82, 2.24) is 9.97 Å². The molecule has 0 bridgehead atoms. The molecule has 0 aliphatic carbocycles. The number of ether oxygens (including phenoxy) is 4. The summed E-state index contributed by atoms with van der Waals surface area (Å²) in [5.41, 5.74) is 2.27. The Kier molecular flexibility index (Phi) is 4.40. The molecule has 0 spiro atoms. The van der Waals surface area contributed by atoms with Crippen molar-refractivity contribution in [2.45, 2.75) is 0 Å². The molecule has 24 heavy (non-hydrogen) atoms. The van der Waals surface area contributed by atoms with Gasteiger partial charge in [0.1, 0.15) is 5.82 Å². The minimum Gasteiger partial charge on any atom is -0.493 e. The van der Waals surface area contributed by atoms with E-state index in [4.69, 9.17) is 30.5 Å².